The molecule has 0 saturated carbocycles. The summed E-state index contributed by atoms with van der Waals surface area (Å²) >= 11 is 0. The first-order chi connectivity index (χ1) is 9.95. The number of nitrogens with one attached hydrogen (secondary N) is 1. The van der Waals surface area contributed by atoms with Crippen molar-refractivity contribution in [3.8, 4) is 11.8 Å². The van der Waals surface area contributed by atoms with Gasteiger partial charge in [0.05, 0.1) is 19.7 Å². The maximum Gasteiger partial charge on any atom is 0.139 e. The van der Waals surface area contributed by atoms with Gasteiger partial charge in [-0.1, -0.05) is 48.4 Å². The highest BCUT2D eigenvalue weighted by Gasteiger charge is 2.10. The van der Waals surface area contributed by atoms with Crippen LogP contribution >= 0.6 is 0 Å². The van der Waals surface area contributed by atoms with E-state index in [1.807, 2.05) is 24.3 Å². The number of piperidine rings is 1. The Bertz CT molecular complexity index is 455. The third kappa shape index (κ3) is 7.92. The maximum atomic E-state index is 5.48. The summed E-state index contributed by atoms with van der Waals surface area (Å²) in [7, 11) is 0. The van der Waals surface area contributed by atoms with Crippen LogP contribution in [0.5, 0.6) is 0 Å². The van der Waals surface area contributed by atoms with Gasteiger partial charge in [-0.05, 0) is 30.7 Å². The molecule has 1 heterocycles. The number of halogens is 1. The van der Waals surface area contributed by atoms with E-state index in [9.17, 15) is 0 Å². The van der Waals surface area contributed by atoms with Gasteiger partial charge in [0.2, 0.25) is 0 Å². The topological polar surface area (TPSA) is 13.7 Å². The van der Waals surface area contributed by atoms with Crippen LogP contribution in [0.1, 0.15) is 24.8 Å². The Balaban J connectivity index is 0.00000220. The second kappa shape index (κ2) is 11.4. The molecule has 2 rings (SSSR count). The molecular weight excluding hydrogens is 282 g/mol. The number of quaternary nitrogens is 1. The van der Waals surface area contributed by atoms with Crippen molar-refractivity contribution in [3.63, 3.8) is 0 Å². The first-order valence-electron chi connectivity index (χ1n) is 7.54. The fourth-order valence-corrected chi connectivity index (χ4v) is 2.39. The molecule has 0 amide bonds. The van der Waals surface area contributed by atoms with Crippen molar-refractivity contribution in [3.05, 3.63) is 42.0 Å². The van der Waals surface area contributed by atoms with E-state index in [4.69, 9.17) is 4.74 Å². The molecule has 0 radical (unpaired) electrons. The van der Waals surface area contributed by atoms with Crippen LogP contribution in [0.2, 0.25) is 0 Å². The van der Waals surface area contributed by atoms with Crippen molar-refractivity contribution in [2.75, 3.05) is 32.8 Å². The lowest BCUT2D eigenvalue weighted by molar-refractivity contribution is -0.897. The van der Waals surface area contributed by atoms with E-state index >= 15 is 0 Å². The molecule has 0 bridgehead atoms. The number of benzene rings is 1. The largest absolute Gasteiger partial charge is 1.00 e. The van der Waals surface area contributed by atoms with Crippen LogP contribution in [0.3, 0.4) is 0 Å². The van der Waals surface area contributed by atoms with E-state index in [-0.39, 0.29) is 12.4 Å². The normalized spacial score (nSPS) is 15.2. The van der Waals surface area contributed by atoms with Gasteiger partial charge in [0.15, 0.2) is 0 Å². The molecule has 0 aromatic heterocycles. The summed E-state index contributed by atoms with van der Waals surface area (Å²) in [6.45, 7) is 4.71. The van der Waals surface area contributed by atoms with E-state index in [0.29, 0.717) is 13.2 Å². The summed E-state index contributed by atoms with van der Waals surface area (Å²) in [6, 6.07) is 10.3. The molecule has 0 aliphatic carbocycles. The molecule has 0 unspecified atom stereocenters. The van der Waals surface area contributed by atoms with Gasteiger partial charge in [-0.3, -0.25) is 0 Å². The van der Waals surface area contributed by atoms with Crippen LogP contribution in [-0.4, -0.2) is 32.8 Å². The summed E-state index contributed by atoms with van der Waals surface area (Å²) in [5, 5.41) is 0. The van der Waals surface area contributed by atoms with E-state index in [0.717, 1.165) is 6.54 Å². The van der Waals surface area contributed by atoms with Gasteiger partial charge in [0.25, 0.3) is 0 Å². The number of likely N-dealkylation sites (tertiary alicyclic amines) is 1. The van der Waals surface area contributed by atoms with Crippen LogP contribution in [0, 0.1) is 11.8 Å². The number of ether oxygens (including phenoxy) is 1. The van der Waals surface area contributed by atoms with Gasteiger partial charge >= 0.3 is 0 Å². The molecular formula is C18H24ClNO. The quantitative estimate of drug-likeness (QED) is 0.533. The number of hydrogen-bond donors (Lipinski definition) is 1. The first kappa shape index (κ1) is 17.8. The molecule has 3 heteroatoms. The van der Waals surface area contributed by atoms with Gasteiger partial charge in [0, 0.05) is 0 Å². The fraction of sp³-hybridized carbons (Fsp3) is 0.444. The molecule has 0 atom stereocenters. The molecule has 1 fully saturated rings. The van der Waals surface area contributed by atoms with Crippen LogP contribution in [0.15, 0.2) is 36.4 Å². The van der Waals surface area contributed by atoms with Gasteiger partial charge in [-0.15, -0.1) is 0 Å². The molecule has 1 aromatic carbocycles. The molecule has 1 aromatic rings. The third-order valence-corrected chi connectivity index (χ3v) is 3.52. The highest BCUT2D eigenvalue weighted by Crippen LogP contribution is 2.00. The number of rotatable bonds is 5. The smallest absolute Gasteiger partial charge is 0.139 e. The molecule has 1 N–H and O–H groups in total. The van der Waals surface area contributed by atoms with Gasteiger partial charge in [0.1, 0.15) is 13.2 Å². The van der Waals surface area contributed by atoms with Crippen LogP contribution in [0.25, 0.3) is 6.08 Å². The van der Waals surface area contributed by atoms with Crippen molar-refractivity contribution < 1.29 is 22.0 Å². The Hall–Kier alpha value is -1.27. The maximum absolute atomic E-state index is 5.48. The van der Waals surface area contributed by atoms with Gasteiger partial charge < -0.3 is 22.0 Å². The third-order valence-electron chi connectivity index (χ3n) is 3.52. The Morgan fingerprint density at radius 1 is 1.05 bits per heavy atom. The minimum atomic E-state index is 0. The zero-order valence-corrected chi connectivity index (χ0v) is 13.2. The van der Waals surface area contributed by atoms with Crippen molar-refractivity contribution in [1.29, 1.82) is 0 Å². The second-order valence-electron chi connectivity index (χ2n) is 5.17. The Labute approximate surface area is 134 Å². The lowest BCUT2D eigenvalue weighted by Crippen LogP contribution is -3.12. The monoisotopic (exact) mass is 305 g/mol. The summed E-state index contributed by atoms with van der Waals surface area (Å²) in [4.78, 5) is 1.63. The standard InChI is InChI=1S/C18H23NO.ClH/c1-3-10-18(11-4-1)12-9-17-20-16-8-7-15-19-13-5-2-6-14-19;/h1,3-4,9-12H,2,5-6,13-17H2;1H. The van der Waals surface area contributed by atoms with Gasteiger partial charge in [-0.2, -0.15) is 0 Å². The molecule has 1 aliphatic heterocycles. The number of hydrogen-bond acceptors (Lipinski definition) is 1. The van der Waals surface area contributed by atoms with E-state index in [2.05, 4.69) is 30.0 Å². The van der Waals surface area contributed by atoms with Crippen LogP contribution < -0.4 is 17.3 Å². The summed E-state index contributed by atoms with van der Waals surface area (Å²) in [6.07, 6.45) is 8.22. The minimum Gasteiger partial charge on any atom is -1.00 e. The molecule has 1 saturated heterocycles. The SMILES string of the molecule is C(#CC[NH+]1CCCCC1)COCC=Cc1ccccc1.[Cl-]. The average molecular weight is 306 g/mol. The summed E-state index contributed by atoms with van der Waals surface area (Å²) in [5.41, 5.74) is 1.20. The highest BCUT2D eigenvalue weighted by atomic mass is 35.5. The summed E-state index contributed by atoms with van der Waals surface area (Å²) < 4.78 is 5.48. The van der Waals surface area contributed by atoms with Crippen LogP contribution in [-0.2, 0) is 4.74 Å². The lowest BCUT2D eigenvalue weighted by Gasteiger charge is -2.20. The van der Waals surface area contributed by atoms with E-state index in [1.165, 1.54) is 37.9 Å². The fourth-order valence-electron chi connectivity index (χ4n) is 2.39. The molecule has 21 heavy (non-hydrogen) atoms. The molecule has 2 nitrogen and oxygen atoms in total. The van der Waals surface area contributed by atoms with Crippen molar-refractivity contribution in [2.24, 2.45) is 0 Å². The van der Waals surface area contributed by atoms with Crippen molar-refractivity contribution >= 4 is 6.08 Å². The Morgan fingerprint density at radius 3 is 2.57 bits per heavy atom. The zero-order chi connectivity index (χ0) is 13.9. The van der Waals surface area contributed by atoms with Crippen LogP contribution in [0.4, 0.5) is 0 Å². The van der Waals surface area contributed by atoms with E-state index < -0.39 is 0 Å². The highest BCUT2D eigenvalue weighted by molar-refractivity contribution is 5.48. The molecule has 114 valence electrons. The summed E-state index contributed by atoms with van der Waals surface area (Å²) in [5.74, 6) is 6.33. The van der Waals surface area contributed by atoms with Gasteiger partial charge in [-0.25, -0.2) is 0 Å². The molecule has 1 aliphatic rings. The zero-order valence-electron chi connectivity index (χ0n) is 12.5. The first-order valence-corrected chi connectivity index (χ1v) is 7.54. The Kier molecular flexibility index (Phi) is 9.65. The lowest BCUT2D eigenvalue weighted by atomic mass is 10.1. The Morgan fingerprint density at radius 2 is 1.81 bits per heavy atom. The molecule has 0 spiro atoms. The minimum absolute atomic E-state index is 0. The van der Waals surface area contributed by atoms with Crippen molar-refractivity contribution in [1.82, 2.24) is 0 Å². The van der Waals surface area contributed by atoms with E-state index in [1.54, 1.807) is 4.90 Å². The predicted molar refractivity (Wildman–Crippen MR) is 83.5 cm³/mol. The second-order valence-corrected chi connectivity index (χ2v) is 5.17. The van der Waals surface area contributed by atoms with Crippen molar-refractivity contribution in [2.45, 2.75) is 19.3 Å². The average Bonchev–Trinajstić information content (AvgIpc) is 2.52. The predicted octanol–water partition coefficient (Wildman–Crippen LogP) is -1.21.